The first-order valence-electron chi connectivity index (χ1n) is 9.30. The van der Waals surface area contributed by atoms with Crippen LogP contribution in [0.2, 0.25) is 0 Å². The quantitative estimate of drug-likeness (QED) is 0.488. The zero-order valence-electron chi connectivity index (χ0n) is 15.9. The predicted octanol–water partition coefficient (Wildman–Crippen LogP) is 3.92. The first kappa shape index (κ1) is 19.5. The first-order chi connectivity index (χ1) is 14.0. The van der Waals surface area contributed by atoms with Crippen molar-refractivity contribution in [3.63, 3.8) is 0 Å². The van der Waals surface area contributed by atoms with Gasteiger partial charge < -0.3 is 4.57 Å². The summed E-state index contributed by atoms with van der Waals surface area (Å²) in [6, 6.07) is 21.0. The molecule has 148 valence electrons. The van der Waals surface area contributed by atoms with E-state index in [0.29, 0.717) is 16.9 Å². The zero-order chi connectivity index (χ0) is 20.4. The smallest absolute Gasteiger partial charge is 0.263 e. The summed E-state index contributed by atoms with van der Waals surface area (Å²) in [7, 11) is -3.59. The van der Waals surface area contributed by atoms with E-state index in [1.54, 1.807) is 24.3 Å². The molecule has 0 aliphatic rings. The lowest BCUT2D eigenvalue weighted by Gasteiger charge is -2.03. The van der Waals surface area contributed by atoms with Crippen molar-refractivity contribution in [1.29, 1.82) is 0 Å². The average Bonchev–Trinajstić information content (AvgIpc) is 3.05. The predicted molar refractivity (Wildman–Crippen MR) is 117 cm³/mol. The van der Waals surface area contributed by atoms with Crippen molar-refractivity contribution in [2.45, 2.75) is 19.2 Å². The van der Waals surface area contributed by atoms with Gasteiger partial charge in [-0.05, 0) is 23.9 Å². The molecule has 0 fully saturated rings. The van der Waals surface area contributed by atoms with Crippen molar-refractivity contribution in [2.24, 2.45) is 4.99 Å². The van der Waals surface area contributed by atoms with Crippen LogP contribution in [0.1, 0.15) is 12.5 Å². The van der Waals surface area contributed by atoms with Gasteiger partial charge >= 0.3 is 0 Å². The summed E-state index contributed by atoms with van der Waals surface area (Å²) in [5.74, 6) is -1.40. The summed E-state index contributed by atoms with van der Waals surface area (Å²) >= 11 is 1.42. The maximum absolute atomic E-state index is 12.5. The molecule has 0 saturated heterocycles. The number of rotatable bonds is 5. The molecule has 0 radical (unpaired) electrons. The Morgan fingerprint density at radius 2 is 1.72 bits per heavy atom. The van der Waals surface area contributed by atoms with Crippen LogP contribution >= 0.6 is 11.3 Å². The number of benzene rings is 3. The number of aromatic nitrogens is 1. The minimum absolute atomic E-state index is 0.167. The Bertz CT molecular complexity index is 1370. The van der Waals surface area contributed by atoms with E-state index in [1.165, 1.54) is 11.3 Å². The van der Waals surface area contributed by atoms with Crippen molar-refractivity contribution >= 4 is 48.1 Å². The van der Waals surface area contributed by atoms with Crippen LogP contribution in [0.15, 0.2) is 71.7 Å². The third kappa shape index (κ3) is 4.16. The number of hydrogen-bond acceptors (Lipinski definition) is 4. The van der Waals surface area contributed by atoms with Gasteiger partial charge in [0, 0.05) is 11.9 Å². The Labute approximate surface area is 172 Å². The minimum Gasteiger partial charge on any atom is -0.317 e. The zero-order valence-corrected chi connectivity index (χ0v) is 17.5. The topological polar surface area (TPSA) is 68.5 Å². The van der Waals surface area contributed by atoms with Crippen molar-refractivity contribution in [3.8, 4) is 0 Å². The third-order valence-electron chi connectivity index (χ3n) is 4.68. The number of thiazole rings is 1. The molecule has 5 nitrogen and oxygen atoms in total. The Balaban J connectivity index is 1.70. The number of amides is 1. The molecule has 0 atom stereocenters. The SMILES string of the molecule is CCn1c(=NC(=O)CS(=O)(=O)Cc2ccccc2)sc2c3ccccc3ccc21. The number of hydrogen-bond donors (Lipinski definition) is 0. The van der Waals surface area contributed by atoms with E-state index in [1.807, 2.05) is 54.0 Å². The lowest BCUT2D eigenvalue weighted by molar-refractivity contribution is -0.115. The second-order valence-corrected chi connectivity index (χ2v) is 9.83. The Morgan fingerprint density at radius 1 is 1.00 bits per heavy atom. The molecule has 1 heterocycles. The van der Waals surface area contributed by atoms with Crippen LogP contribution < -0.4 is 4.80 Å². The molecule has 0 unspecified atom stereocenters. The molecule has 0 bridgehead atoms. The maximum Gasteiger partial charge on any atom is 0.263 e. The molecule has 1 aromatic heterocycles. The molecule has 29 heavy (non-hydrogen) atoms. The van der Waals surface area contributed by atoms with Gasteiger partial charge in [0.1, 0.15) is 5.75 Å². The molecule has 4 aromatic rings. The maximum atomic E-state index is 12.5. The van der Waals surface area contributed by atoms with Crippen LogP contribution in [0.4, 0.5) is 0 Å². The molecule has 7 heteroatoms. The van der Waals surface area contributed by atoms with Gasteiger partial charge in [0.25, 0.3) is 5.91 Å². The summed E-state index contributed by atoms with van der Waals surface area (Å²) in [6.07, 6.45) is 0. The van der Waals surface area contributed by atoms with Gasteiger partial charge in [0.2, 0.25) is 0 Å². The van der Waals surface area contributed by atoms with Gasteiger partial charge in [-0.25, -0.2) is 8.42 Å². The molecule has 0 N–H and O–H groups in total. The van der Waals surface area contributed by atoms with Gasteiger partial charge in [0.05, 0.1) is 16.0 Å². The normalized spacial score (nSPS) is 12.7. The highest BCUT2D eigenvalue weighted by Crippen LogP contribution is 2.27. The van der Waals surface area contributed by atoms with E-state index >= 15 is 0 Å². The monoisotopic (exact) mass is 424 g/mol. The fourth-order valence-corrected chi connectivity index (χ4v) is 5.89. The van der Waals surface area contributed by atoms with E-state index in [2.05, 4.69) is 4.99 Å². The van der Waals surface area contributed by atoms with Gasteiger partial charge in [-0.1, -0.05) is 72.0 Å². The van der Waals surface area contributed by atoms with Crippen LogP contribution in [0.25, 0.3) is 21.0 Å². The average molecular weight is 425 g/mol. The Hall–Kier alpha value is -2.77. The van der Waals surface area contributed by atoms with Gasteiger partial charge in [-0.2, -0.15) is 4.99 Å². The van der Waals surface area contributed by atoms with Gasteiger partial charge in [-0.3, -0.25) is 4.79 Å². The van der Waals surface area contributed by atoms with Crippen LogP contribution in [0, 0.1) is 0 Å². The molecule has 4 rings (SSSR count). The summed E-state index contributed by atoms with van der Waals surface area (Å²) in [5, 5.41) is 2.22. The van der Waals surface area contributed by atoms with Crippen molar-refractivity contribution < 1.29 is 13.2 Å². The Kier molecular flexibility index (Phi) is 5.34. The number of carbonyl (C=O) groups is 1. The van der Waals surface area contributed by atoms with Crippen LogP contribution in [0.5, 0.6) is 0 Å². The first-order valence-corrected chi connectivity index (χ1v) is 11.9. The molecule has 3 aromatic carbocycles. The van der Waals surface area contributed by atoms with Crippen molar-refractivity contribution in [1.82, 2.24) is 4.57 Å². The fraction of sp³-hybridized carbons (Fsp3) is 0.182. The van der Waals surface area contributed by atoms with E-state index in [4.69, 9.17) is 0 Å². The van der Waals surface area contributed by atoms with E-state index in [9.17, 15) is 13.2 Å². The summed E-state index contributed by atoms with van der Waals surface area (Å²) < 4.78 is 27.8. The lowest BCUT2D eigenvalue weighted by atomic mass is 10.1. The third-order valence-corrected chi connectivity index (χ3v) is 7.27. The fourth-order valence-electron chi connectivity index (χ4n) is 3.40. The van der Waals surface area contributed by atoms with Gasteiger partial charge in [0.15, 0.2) is 14.6 Å². The van der Waals surface area contributed by atoms with Crippen LogP contribution in [-0.4, -0.2) is 24.6 Å². The second kappa shape index (κ2) is 7.93. The number of fused-ring (bicyclic) bond motifs is 3. The molecular formula is C22H20N2O3S2. The summed E-state index contributed by atoms with van der Waals surface area (Å²) in [4.78, 5) is 17.2. The molecule has 1 amide bonds. The largest absolute Gasteiger partial charge is 0.317 e. The number of sulfone groups is 1. The molecule has 0 saturated carbocycles. The minimum atomic E-state index is -3.59. The van der Waals surface area contributed by atoms with Crippen molar-refractivity contribution in [3.05, 3.63) is 77.1 Å². The molecule has 0 spiro atoms. The highest BCUT2D eigenvalue weighted by molar-refractivity contribution is 7.91. The summed E-state index contributed by atoms with van der Waals surface area (Å²) in [5.41, 5.74) is 1.66. The van der Waals surface area contributed by atoms with E-state index in [0.717, 1.165) is 21.0 Å². The number of carbonyl (C=O) groups excluding carboxylic acids is 1. The highest BCUT2D eigenvalue weighted by atomic mass is 32.2. The van der Waals surface area contributed by atoms with Gasteiger partial charge in [-0.15, -0.1) is 0 Å². The summed E-state index contributed by atoms with van der Waals surface area (Å²) in [6.45, 7) is 2.62. The number of aryl methyl sites for hydroxylation is 1. The number of nitrogens with zero attached hydrogens (tertiary/aromatic N) is 2. The molecule has 0 aliphatic carbocycles. The highest BCUT2D eigenvalue weighted by Gasteiger charge is 2.18. The van der Waals surface area contributed by atoms with E-state index in [-0.39, 0.29) is 5.75 Å². The molecule has 0 aliphatic heterocycles. The lowest BCUT2D eigenvalue weighted by Crippen LogP contribution is -2.21. The van der Waals surface area contributed by atoms with Crippen molar-refractivity contribution in [2.75, 3.05) is 5.75 Å². The Morgan fingerprint density at radius 3 is 2.48 bits per heavy atom. The van der Waals surface area contributed by atoms with E-state index < -0.39 is 21.5 Å². The molecular weight excluding hydrogens is 404 g/mol. The second-order valence-electron chi connectivity index (χ2n) is 6.79. The van der Waals surface area contributed by atoms with Crippen LogP contribution in [-0.2, 0) is 26.9 Å². The van der Waals surface area contributed by atoms with Crippen LogP contribution in [0.3, 0.4) is 0 Å². The standard InChI is InChI=1S/C22H20N2O3S2/c1-2-24-19-13-12-17-10-6-7-11-18(17)21(19)28-22(24)23-20(25)15-29(26,27)14-16-8-4-3-5-9-16/h3-13H,2,14-15H2,1H3.